The molecule has 0 bridgehead atoms. The number of alkyl halides is 1. The SMILES string of the molecule is C[C@H](NP(=O)(OC[C@H]1OC(n2ccc(=O)[nH]c2=O)[C@](C)(F)[C@@H]1O)Oc1ccccc1Cl)C(=O)OCc1ccccc1. The number of carbonyl (C=O) groups is 1. The van der Waals surface area contributed by atoms with Crippen LogP contribution >= 0.6 is 19.3 Å². The van der Waals surface area contributed by atoms with Crippen molar-refractivity contribution in [3.8, 4) is 5.75 Å². The second-order valence-corrected chi connectivity index (χ2v) is 11.5. The molecule has 4 rings (SSSR count). The highest BCUT2D eigenvalue weighted by molar-refractivity contribution is 7.52. The van der Waals surface area contributed by atoms with E-state index in [2.05, 4.69) is 5.09 Å². The summed E-state index contributed by atoms with van der Waals surface area (Å²) in [6.07, 6.45) is -3.93. The van der Waals surface area contributed by atoms with Gasteiger partial charge in [-0.1, -0.05) is 54.1 Å². The van der Waals surface area contributed by atoms with Crippen molar-refractivity contribution in [2.75, 3.05) is 6.61 Å². The number of aliphatic hydroxyl groups is 1. The highest BCUT2D eigenvalue weighted by atomic mass is 35.5. The van der Waals surface area contributed by atoms with Crippen molar-refractivity contribution >= 4 is 25.3 Å². The Morgan fingerprint density at radius 1 is 1.22 bits per heavy atom. The number of halogens is 2. The lowest BCUT2D eigenvalue weighted by Crippen LogP contribution is -2.43. The lowest BCUT2D eigenvalue weighted by Gasteiger charge is -2.25. The highest BCUT2D eigenvalue weighted by Crippen LogP contribution is 2.48. The van der Waals surface area contributed by atoms with Crippen molar-refractivity contribution in [1.29, 1.82) is 0 Å². The zero-order valence-corrected chi connectivity index (χ0v) is 23.6. The number of H-pyrrole nitrogens is 1. The van der Waals surface area contributed by atoms with Gasteiger partial charge in [0.2, 0.25) is 0 Å². The molecule has 41 heavy (non-hydrogen) atoms. The molecule has 0 radical (unpaired) electrons. The van der Waals surface area contributed by atoms with Crippen LogP contribution in [0, 0.1) is 0 Å². The summed E-state index contributed by atoms with van der Waals surface area (Å²) in [5.41, 5.74) is -3.45. The van der Waals surface area contributed by atoms with Gasteiger partial charge in [-0.2, -0.15) is 5.09 Å². The minimum Gasteiger partial charge on any atom is -0.460 e. The Hall–Kier alpha value is -3.32. The fraction of sp³-hybridized carbons (Fsp3) is 0.346. The van der Waals surface area contributed by atoms with Gasteiger partial charge in [0.1, 0.15) is 30.6 Å². The van der Waals surface area contributed by atoms with Crippen molar-refractivity contribution in [2.24, 2.45) is 0 Å². The first-order chi connectivity index (χ1) is 19.4. The van der Waals surface area contributed by atoms with E-state index >= 15 is 4.39 Å². The van der Waals surface area contributed by atoms with Crippen LogP contribution in [0.5, 0.6) is 5.75 Å². The van der Waals surface area contributed by atoms with Crippen molar-refractivity contribution in [3.63, 3.8) is 0 Å². The van der Waals surface area contributed by atoms with E-state index in [1.165, 1.54) is 19.1 Å². The summed E-state index contributed by atoms with van der Waals surface area (Å²) >= 11 is 6.15. The normalized spacial score (nSPS) is 24.4. The van der Waals surface area contributed by atoms with Crippen LogP contribution in [0.2, 0.25) is 5.02 Å². The molecule has 1 saturated heterocycles. The largest absolute Gasteiger partial charge is 0.460 e. The first-order valence-electron chi connectivity index (χ1n) is 12.4. The quantitative estimate of drug-likeness (QED) is 0.217. The summed E-state index contributed by atoms with van der Waals surface area (Å²) in [4.78, 5) is 38.3. The van der Waals surface area contributed by atoms with E-state index < -0.39 is 61.7 Å². The summed E-state index contributed by atoms with van der Waals surface area (Å²) in [7, 11) is -4.47. The first kappa shape index (κ1) is 30.6. The minimum atomic E-state index is -4.47. The molecular formula is C26H28ClFN3O9P. The smallest absolute Gasteiger partial charge is 0.459 e. The molecule has 15 heteroatoms. The van der Waals surface area contributed by atoms with Crippen LogP contribution in [-0.4, -0.2) is 51.2 Å². The molecule has 0 saturated carbocycles. The van der Waals surface area contributed by atoms with E-state index in [4.69, 9.17) is 30.1 Å². The van der Waals surface area contributed by atoms with Gasteiger partial charge < -0.3 is 19.1 Å². The van der Waals surface area contributed by atoms with Crippen LogP contribution < -0.4 is 20.9 Å². The number of ether oxygens (including phenoxy) is 2. The van der Waals surface area contributed by atoms with Crippen molar-refractivity contribution in [3.05, 3.63) is 98.3 Å². The number of nitrogens with zero attached hydrogens (tertiary/aromatic N) is 1. The van der Waals surface area contributed by atoms with Gasteiger partial charge in [-0.15, -0.1) is 0 Å². The Morgan fingerprint density at radius 2 is 1.90 bits per heavy atom. The van der Waals surface area contributed by atoms with E-state index in [1.807, 2.05) is 11.1 Å². The molecule has 6 atom stereocenters. The van der Waals surface area contributed by atoms with Gasteiger partial charge in [-0.25, -0.2) is 13.8 Å². The number of hydrogen-bond acceptors (Lipinski definition) is 9. The first-order valence-corrected chi connectivity index (χ1v) is 14.3. The fourth-order valence-corrected chi connectivity index (χ4v) is 5.77. The van der Waals surface area contributed by atoms with Crippen molar-refractivity contribution in [2.45, 2.75) is 50.6 Å². The molecule has 1 aromatic heterocycles. The molecule has 0 spiro atoms. The molecule has 1 aliphatic rings. The van der Waals surface area contributed by atoms with Crippen molar-refractivity contribution in [1.82, 2.24) is 14.6 Å². The van der Waals surface area contributed by atoms with E-state index in [9.17, 15) is 24.1 Å². The number of nitrogens with one attached hydrogen (secondary N) is 2. The van der Waals surface area contributed by atoms with Gasteiger partial charge in [0.05, 0.1) is 11.6 Å². The van der Waals surface area contributed by atoms with E-state index in [0.29, 0.717) is 0 Å². The molecule has 2 aromatic carbocycles. The average molecular weight is 612 g/mol. The molecule has 0 aliphatic carbocycles. The third-order valence-corrected chi connectivity index (χ3v) is 8.16. The van der Waals surface area contributed by atoms with Crippen LogP contribution in [0.15, 0.2) is 76.4 Å². The van der Waals surface area contributed by atoms with E-state index in [-0.39, 0.29) is 17.4 Å². The average Bonchev–Trinajstić information content (AvgIpc) is 3.16. The molecule has 12 nitrogen and oxygen atoms in total. The molecule has 3 N–H and O–H groups in total. The predicted octanol–water partition coefficient (Wildman–Crippen LogP) is 3.10. The number of benzene rings is 2. The number of carbonyl (C=O) groups excluding carboxylic acids is 1. The highest BCUT2D eigenvalue weighted by Gasteiger charge is 2.56. The Kier molecular flexibility index (Phi) is 9.48. The number of aliphatic hydroxyl groups excluding tert-OH is 1. The summed E-state index contributed by atoms with van der Waals surface area (Å²) in [5.74, 6) is -0.817. The van der Waals surface area contributed by atoms with Crippen LogP contribution in [0.3, 0.4) is 0 Å². The number of hydrogen-bond donors (Lipinski definition) is 3. The lowest BCUT2D eigenvalue weighted by atomic mass is 9.98. The number of aromatic amines is 1. The second kappa shape index (κ2) is 12.7. The molecule has 220 valence electrons. The Labute approximate surface area is 238 Å². The number of esters is 1. The molecule has 1 fully saturated rings. The predicted molar refractivity (Wildman–Crippen MR) is 145 cm³/mol. The van der Waals surface area contributed by atoms with E-state index in [0.717, 1.165) is 29.3 Å². The Bertz CT molecular complexity index is 1530. The van der Waals surface area contributed by atoms with Gasteiger partial charge >= 0.3 is 19.4 Å². The van der Waals surface area contributed by atoms with E-state index in [1.54, 1.807) is 36.4 Å². The lowest BCUT2D eigenvalue weighted by molar-refractivity contribution is -0.146. The Balaban J connectivity index is 1.50. The van der Waals surface area contributed by atoms with Gasteiger partial charge in [-0.3, -0.25) is 23.7 Å². The number of aromatic nitrogens is 2. The summed E-state index contributed by atoms with van der Waals surface area (Å²) in [5, 5.41) is 13.2. The number of rotatable bonds is 11. The monoisotopic (exact) mass is 611 g/mol. The van der Waals surface area contributed by atoms with Crippen LogP contribution in [0.4, 0.5) is 4.39 Å². The molecular weight excluding hydrogens is 584 g/mol. The molecule has 2 heterocycles. The van der Waals surface area contributed by atoms with Gasteiger partial charge in [-0.05, 0) is 31.5 Å². The number of para-hydroxylation sites is 1. The van der Waals surface area contributed by atoms with Gasteiger partial charge in [0.15, 0.2) is 11.9 Å². The third-order valence-electron chi connectivity index (χ3n) is 6.21. The topological polar surface area (TPSA) is 158 Å². The molecule has 0 amide bonds. The maximum absolute atomic E-state index is 15.6. The van der Waals surface area contributed by atoms with Crippen LogP contribution in [0.25, 0.3) is 0 Å². The standard InChI is InChI=1S/C26H28ClFN3O9P/c1-16(23(34)37-14-17-8-4-3-5-9-17)30-41(36,40-19-11-7-6-10-18(19)27)38-15-20-22(33)26(2,28)24(39-20)31-13-12-21(32)29-25(31)35/h3-13,16,20,22,24,33H,14-15H2,1-2H3,(H,30,36)(H,29,32,35)/t16-,20+,22+,24?,26+,41?/m0/s1. The molecule has 2 unspecified atom stereocenters. The maximum Gasteiger partial charge on any atom is 0.459 e. The molecule has 3 aromatic rings. The summed E-state index contributed by atoms with van der Waals surface area (Å²) in [6.45, 7) is 1.64. The summed E-state index contributed by atoms with van der Waals surface area (Å²) in [6, 6.07) is 14.8. The van der Waals surface area contributed by atoms with Crippen LogP contribution in [-0.2, 0) is 30.0 Å². The fourth-order valence-electron chi connectivity index (χ4n) is 4.02. The van der Waals surface area contributed by atoms with Crippen LogP contribution in [0.1, 0.15) is 25.6 Å². The molecule has 1 aliphatic heterocycles. The maximum atomic E-state index is 15.6. The zero-order valence-electron chi connectivity index (χ0n) is 21.9. The minimum absolute atomic E-state index is 0.0368. The third kappa shape index (κ3) is 7.31. The second-order valence-electron chi connectivity index (χ2n) is 9.40. The summed E-state index contributed by atoms with van der Waals surface area (Å²) < 4.78 is 52.1. The zero-order chi connectivity index (χ0) is 29.8. The van der Waals surface area contributed by atoms with Gasteiger partial charge in [0.25, 0.3) is 5.56 Å². The van der Waals surface area contributed by atoms with Gasteiger partial charge in [0, 0.05) is 12.3 Å². The van der Waals surface area contributed by atoms with Crippen molar-refractivity contribution < 1.29 is 37.4 Å². The Morgan fingerprint density at radius 3 is 2.59 bits per heavy atom.